The summed E-state index contributed by atoms with van der Waals surface area (Å²) in [6.45, 7) is 7.54. The Morgan fingerprint density at radius 3 is 2.57 bits per heavy atom. The minimum Gasteiger partial charge on any atom is -0.378 e. The molecule has 2 heterocycles. The number of nitrogens with zero attached hydrogens (tertiary/aromatic N) is 4. The Labute approximate surface area is 179 Å². The third kappa shape index (κ3) is 7.73. The standard InChI is InChI=1S/C20H35N5O4S/c1-18(2)29-16-17-30(27,28)25-14-12-24(13-15-25)20(21-3)22-9-5-7-11-23-10-6-4-8-19(23)26/h4,6,8,10,18H,5,7,9,11-17H2,1-3H3,(H,21,22). The number of aromatic nitrogens is 1. The van der Waals surface area contributed by atoms with Gasteiger partial charge in [-0.15, -0.1) is 0 Å². The third-order valence-electron chi connectivity index (χ3n) is 4.94. The predicted octanol–water partition coefficient (Wildman–Crippen LogP) is 0.576. The number of hydrogen-bond acceptors (Lipinski definition) is 5. The minimum atomic E-state index is -3.30. The highest BCUT2D eigenvalue weighted by Gasteiger charge is 2.27. The zero-order chi connectivity index (χ0) is 22.0. The molecule has 1 aliphatic rings. The molecule has 0 aromatic carbocycles. The molecule has 0 bridgehead atoms. The Balaban J connectivity index is 1.70. The Morgan fingerprint density at radius 1 is 1.20 bits per heavy atom. The van der Waals surface area contributed by atoms with E-state index in [1.165, 1.54) is 4.31 Å². The van der Waals surface area contributed by atoms with Gasteiger partial charge in [0, 0.05) is 58.6 Å². The second-order valence-electron chi connectivity index (χ2n) is 7.54. The van der Waals surface area contributed by atoms with Gasteiger partial charge in [0.05, 0.1) is 18.5 Å². The van der Waals surface area contributed by atoms with Gasteiger partial charge in [0.15, 0.2) is 5.96 Å². The number of ether oxygens (including phenoxy) is 1. The first-order valence-electron chi connectivity index (χ1n) is 10.5. The van der Waals surface area contributed by atoms with Crippen LogP contribution >= 0.6 is 0 Å². The molecule has 1 saturated heterocycles. The number of sulfonamides is 1. The van der Waals surface area contributed by atoms with Gasteiger partial charge in [-0.3, -0.25) is 9.79 Å². The molecule has 2 rings (SSSR count). The van der Waals surface area contributed by atoms with E-state index in [4.69, 9.17) is 4.74 Å². The molecular formula is C20H35N5O4S. The molecule has 0 spiro atoms. The second kappa shape index (κ2) is 12.1. The summed E-state index contributed by atoms with van der Waals surface area (Å²) in [6.07, 6.45) is 3.63. The lowest BCUT2D eigenvalue weighted by atomic mass is 10.3. The van der Waals surface area contributed by atoms with Crippen LogP contribution in [0.5, 0.6) is 0 Å². The van der Waals surface area contributed by atoms with Gasteiger partial charge in [0.25, 0.3) is 0 Å². The monoisotopic (exact) mass is 441 g/mol. The van der Waals surface area contributed by atoms with E-state index in [1.807, 2.05) is 19.9 Å². The van der Waals surface area contributed by atoms with Gasteiger partial charge in [-0.2, -0.15) is 4.31 Å². The molecule has 30 heavy (non-hydrogen) atoms. The molecule has 170 valence electrons. The molecule has 0 saturated carbocycles. The van der Waals surface area contributed by atoms with Crippen LogP contribution < -0.4 is 10.9 Å². The highest BCUT2D eigenvalue weighted by Crippen LogP contribution is 2.09. The van der Waals surface area contributed by atoms with Crippen LogP contribution in [0.3, 0.4) is 0 Å². The summed E-state index contributed by atoms with van der Waals surface area (Å²) in [6, 6.07) is 5.17. The van der Waals surface area contributed by atoms with Crippen LogP contribution in [0.4, 0.5) is 0 Å². The lowest BCUT2D eigenvalue weighted by Gasteiger charge is -2.35. The summed E-state index contributed by atoms with van der Waals surface area (Å²) >= 11 is 0. The van der Waals surface area contributed by atoms with Gasteiger partial charge in [-0.1, -0.05) is 6.07 Å². The fourth-order valence-electron chi connectivity index (χ4n) is 3.28. The fourth-order valence-corrected chi connectivity index (χ4v) is 4.57. The summed E-state index contributed by atoms with van der Waals surface area (Å²) in [5.41, 5.74) is 0.0184. The Kier molecular flexibility index (Phi) is 9.80. The van der Waals surface area contributed by atoms with Crippen molar-refractivity contribution in [3.63, 3.8) is 0 Å². The molecule has 1 fully saturated rings. The van der Waals surface area contributed by atoms with Crippen molar-refractivity contribution >= 4 is 16.0 Å². The van der Waals surface area contributed by atoms with Gasteiger partial charge in [0.2, 0.25) is 15.6 Å². The SMILES string of the molecule is CN=C(NCCCCn1ccccc1=O)N1CCN(S(=O)(=O)CCOC(C)C)CC1. The van der Waals surface area contributed by atoms with Gasteiger partial charge in [-0.25, -0.2) is 8.42 Å². The topological polar surface area (TPSA) is 96.2 Å². The van der Waals surface area contributed by atoms with Crippen molar-refractivity contribution in [1.29, 1.82) is 0 Å². The van der Waals surface area contributed by atoms with E-state index in [9.17, 15) is 13.2 Å². The van der Waals surface area contributed by atoms with Crippen LogP contribution in [0.15, 0.2) is 34.2 Å². The third-order valence-corrected chi connectivity index (χ3v) is 6.78. The number of piperazine rings is 1. The smallest absolute Gasteiger partial charge is 0.250 e. The molecule has 1 aliphatic heterocycles. The molecule has 0 radical (unpaired) electrons. The van der Waals surface area contributed by atoms with E-state index in [0.29, 0.717) is 32.7 Å². The molecule has 10 heteroatoms. The quantitative estimate of drug-likeness (QED) is 0.324. The maximum absolute atomic E-state index is 12.5. The Morgan fingerprint density at radius 2 is 1.93 bits per heavy atom. The molecule has 0 aliphatic carbocycles. The maximum Gasteiger partial charge on any atom is 0.250 e. The van der Waals surface area contributed by atoms with Crippen molar-refractivity contribution < 1.29 is 13.2 Å². The lowest BCUT2D eigenvalue weighted by molar-refractivity contribution is 0.0904. The van der Waals surface area contributed by atoms with E-state index >= 15 is 0 Å². The average Bonchev–Trinajstić information content (AvgIpc) is 2.71. The van der Waals surface area contributed by atoms with Gasteiger partial charge in [0.1, 0.15) is 0 Å². The summed E-state index contributed by atoms with van der Waals surface area (Å²) in [5.74, 6) is 0.801. The zero-order valence-electron chi connectivity index (χ0n) is 18.3. The van der Waals surface area contributed by atoms with Crippen molar-refractivity contribution in [2.75, 3.05) is 52.1 Å². The van der Waals surface area contributed by atoms with Crippen LogP contribution in [0.25, 0.3) is 0 Å². The van der Waals surface area contributed by atoms with Crippen molar-refractivity contribution in [1.82, 2.24) is 19.1 Å². The van der Waals surface area contributed by atoms with Crippen molar-refractivity contribution in [2.45, 2.75) is 39.3 Å². The van der Waals surface area contributed by atoms with E-state index in [-0.39, 0.29) is 24.0 Å². The molecule has 0 unspecified atom stereocenters. The number of aliphatic imine (C=N–C) groups is 1. The van der Waals surface area contributed by atoms with Crippen LogP contribution in [0, 0.1) is 0 Å². The van der Waals surface area contributed by atoms with Crippen molar-refractivity contribution in [3.8, 4) is 0 Å². The normalized spacial score (nSPS) is 16.3. The van der Waals surface area contributed by atoms with E-state index in [2.05, 4.69) is 15.2 Å². The summed E-state index contributed by atoms with van der Waals surface area (Å²) in [7, 11) is -1.56. The fraction of sp³-hybridized carbons (Fsp3) is 0.700. The molecule has 1 N–H and O–H groups in total. The first kappa shape index (κ1) is 24.4. The van der Waals surface area contributed by atoms with E-state index in [1.54, 1.807) is 29.9 Å². The van der Waals surface area contributed by atoms with Crippen LogP contribution in [-0.4, -0.2) is 86.4 Å². The average molecular weight is 442 g/mol. The van der Waals surface area contributed by atoms with Gasteiger partial charge >= 0.3 is 0 Å². The van der Waals surface area contributed by atoms with Crippen molar-refractivity contribution in [2.24, 2.45) is 4.99 Å². The number of rotatable bonds is 10. The molecular weight excluding hydrogens is 406 g/mol. The minimum absolute atomic E-state index is 0.0165. The number of pyridine rings is 1. The number of hydrogen-bond donors (Lipinski definition) is 1. The number of unbranched alkanes of at least 4 members (excludes halogenated alkanes) is 1. The molecule has 0 amide bonds. The van der Waals surface area contributed by atoms with Crippen LogP contribution in [0.2, 0.25) is 0 Å². The highest BCUT2D eigenvalue weighted by molar-refractivity contribution is 7.89. The van der Waals surface area contributed by atoms with Crippen molar-refractivity contribution in [3.05, 3.63) is 34.7 Å². The largest absolute Gasteiger partial charge is 0.378 e. The Hall–Kier alpha value is -1.91. The van der Waals surface area contributed by atoms with Gasteiger partial charge in [-0.05, 0) is 32.8 Å². The highest BCUT2D eigenvalue weighted by atomic mass is 32.2. The van der Waals surface area contributed by atoms with Crippen LogP contribution in [0.1, 0.15) is 26.7 Å². The zero-order valence-corrected chi connectivity index (χ0v) is 19.1. The second-order valence-corrected chi connectivity index (χ2v) is 9.62. The van der Waals surface area contributed by atoms with Crippen LogP contribution in [-0.2, 0) is 21.3 Å². The first-order valence-corrected chi connectivity index (χ1v) is 12.1. The first-order chi connectivity index (χ1) is 14.3. The number of guanidine groups is 1. The lowest BCUT2D eigenvalue weighted by Crippen LogP contribution is -2.54. The molecule has 0 atom stereocenters. The summed E-state index contributed by atoms with van der Waals surface area (Å²) in [5, 5.41) is 3.34. The number of aryl methyl sites for hydroxylation is 1. The Bertz CT molecular complexity index is 830. The summed E-state index contributed by atoms with van der Waals surface area (Å²) < 4.78 is 33.5. The molecule has 1 aromatic rings. The predicted molar refractivity (Wildman–Crippen MR) is 119 cm³/mol. The maximum atomic E-state index is 12.5. The molecule has 9 nitrogen and oxygen atoms in total. The van der Waals surface area contributed by atoms with E-state index in [0.717, 1.165) is 25.3 Å². The van der Waals surface area contributed by atoms with E-state index < -0.39 is 10.0 Å². The summed E-state index contributed by atoms with van der Waals surface area (Å²) in [4.78, 5) is 18.1. The molecule has 1 aromatic heterocycles. The van der Waals surface area contributed by atoms with Gasteiger partial charge < -0.3 is 19.5 Å². The number of nitrogens with one attached hydrogen (secondary N) is 1.